The molecule has 1 aromatic carbocycles. The third-order valence-electron chi connectivity index (χ3n) is 3.04. The van der Waals surface area contributed by atoms with Gasteiger partial charge >= 0.3 is 0 Å². The number of amides is 1. The molecule has 0 fully saturated rings. The van der Waals surface area contributed by atoms with Crippen molar-refractivity contribution in [2.75, 3.05) is 7.11 Å². The topological polar surface area (TPSA) is 51.2 Å². The van der Waals surface area contributed by atoms with Crippen molar-refractivity contribution in [1.82, 2.24) is 10.3 Å². The van der Waals surface area contributed by atoms with Crippen molar-refractivity contribution >= 4 is 5.91 Å². The number of methoxy groups -OCH3 is 1. The molecular weight excluding hydrogens is 252 g/mol. The van der Waals surface area contributed by atoms with Crippen LogP contribution in [0, 0.1) is 6.92 Å². The molecule has 104 valence electrons. The Morgan fingerprint density at radius 2 is 2.15 bits per heavy atom. The van der Waals surface area contributed by atoms with Crippen LogP contribution in [0.5, 0.6) is 5.75 Å². The Hall–Kier alpha value is -2.36. The van der Waals surface area contributed by atoms with Crippen LogP contribution in [0.4, 0.5) is 0 Å². The van der Waals surface area contributed by atoms with E-state index in [1.54, 1.807) is 19.5 Å². The summed E-state index contributed by atoms with van der Waals surface area (Å²) in [5.41, 5.74) is 3.00. The number of carbonyl (C=O) groups excluding carboxylic acids is 1. The summed E-state index contributed by atoms with van der Waals surface area (Å²) in [5.74, 6) is 0.836. The van der Waals surface area contributed by atoms with Gasteiger partial charge < -0.3 is 10.1 Å². The van der Waals surface area contributed by atoms with Crippen LogP contribution in [0.15, 0.2) is 42.7 Å². The molecule has 1 amide bonds. The Balaban J connectivity index is 1.90. The summed E-state index contributed by atoms with van der Waals surface area (Å²) >= 11 is 0. The highest BCUT2D eigenvalue weighted by Gasteiger charge is 2.05. The third kappa shape index (κ3) is 3.82. The number of nitrogens with zero attached hydrogens (tertiary/aromatic N) is 1. The van der Waals surface area contributed by atoms with E-state index in [0.717, 1.165) is 22.4 Å². The van der Waals surface area contributed by atoms with E-state index in [0.29, 0.717) is 13.0 Å². The summed E-state index contributed by atoms with van der Waals surface area (Å²) in [4.78, 5) is 15.9. The summed E-state index contributed by atoms with van der Waals surface area (Å²) < 4.78 is 5.20. The highest BCUT2D eigenvalue weighted by Crippen LogP contribution is 2.18. The van der Waals surface area contributed by atoms with E-state index in [1.807, 2.05) is 37.3 Å². The molecule has 0 aliphatic carbocycles. The van der Waals surface area contributed by atoms with Crippen LogP contribution in [0.3, 0.4) is 0 Å². The number of rotatable bonds is 5. The predicted octanol–water partition coefficient (Wildman–Crippen LogP) is 2.26. The zero-order chi connectivity index (χ0) is 14.4. The van der Waals surface area contributed by atoms with Crippen LogP contribution in [-0.2, 0) is 17.8 Å². The van der Waals surface area contributed by atoms with Gasteiger partial charge in [-0.1, -0.05) is 18.2 Å². The fourth-order valence-corrected chi connectivity index (χ4v) is 2.00. The average molecular weight is 270 g/mol. The van der Waals surface area contributed by atoms with Crippen molar-refractivity contribution < 1.29 is 9.53 Å². The van der Waals surface area contributed by atoms with Crippen LogP contribution < -0.4 is 10.1 Å². The second-order valence-electron chi connectivity index (χ2n) is 4.62. The lowest BCUT2D eigenvalue weighted by molar-refractivity contribution is -0.120. The van der Waals surface area contributed by atoms with Gasteiger partial charge in [-0.15, -0.1) is 0 Å². The van der Waals surface area contributed by atoms with Gasteiger partial charge in [0.15, 0.2) is 0 Å². The number of hydrogen-bond donors (Lipinski definition) is 1. The number of ether oxygens (including phenoxy) is 1. The minimum Gasteiger partial charge on any atom is -0.496 e. The van der Waals surface area contributed by atoms with Crippen molar-refractivity contribution in [3.63, 3.8) is 0 Å². The summed E-state index contributed by atoms with van der Waals surface area (Å²) in [7, 11) is 1.64. The number of hydrogen-bond acceptors (Lipinski definition) is 3. The fraction of sp³-hybridized carbons (Fsp3) is 0.250. The summed E-state index contributed by atoms with van der Waals surface area (Å²) in [6.07, 6.45) is 3.83. The Morgan fingerprint density at radius 3 is 2.80 bits per heavy atom. The quantitative estimate of drug-likeness (QED) is 0.906. The average Bonchev–Trinajstić information content (AvgIpc) is 2.46. The zero-order valence-corrected chi connectivity index (χ0v) is 11.7. The summed E-state index contributed by atoms with van der Waals surface area (Å²) in [5, 5.41) is 2.89. The number of pyridine rings is 1. The fourth-order valence-electron chi connectivity index (χ4n) is 2.00. The highest BCUT2D eigenvalue weighted by molar-refractivity contribution is 5.78. The molecule has 0 radical (unpaired) electrons. The number of aryl methyl sites for hydroxylation is 1. The van der Waals surface area contributed by atoms with Crippen molar-refractivity contribution in [3.8, 4) is 5.75 Å². The van der Waals surface area contributed by atoms with Crippen molar-refractivity contribution in [3.05, 3.63) is 59.4 Å². The largest absolute Gasteiger partial charge is 0.496 e. The maximum absolute atomic E-state index is 11.9. The Bertz CT molecular complexity index is 582. The molecule has 0 bridgehead atoms. The molecule has 0 spiro atoms. The first-order valence-corrected chi connectivity index (χ1v) is 6.48. The van der Waals surface area contributed by atoms with E-state index in [9.17, 15) is 4.79 Å². The first kappa shape index (κ1) is 14.1. The number of benzene rings is 1. The van der Waals surface area contributed by atoms with E-state index in [1.165, 1.54) is 0 Å². The van der Waals surface area contributed by atoms with Gasteiger partial charge in [0, 0.05) is 18.9 Å². The molecule has 0 aliphatic heterocycles. The van der Waals surface area contributed by atoms with Gasteiger partial charge in [-0.25, -0.2) is 0 Å². The van der Waals surface area contributed by atoms with Crippen molar-refractivity contribution in [2.45, 2.75) is 19.9 Å². The third-order valence-corrected chi connectivity index (χ3v) is 3.04. The van der Waals surface area contributed by atoms with Gasteiger partial charge in [0.2, 0.25) is 5.91 Å². The Labute approximate surface area is 118 Å². The molecule has 2 aromatic rings. The maximum Gasteiger partial charge on any atom is 0.224 e. The van der Waals surface area contributed by atoms with Gasteiger partial charge in [-0.2, -0.15) is 0 Å². The van der Waals surface area contributed by atoms with Crippen LogP contribution in [0.1, 0.15) is 16.7 Å². The maximum atomic E-state index is 11.9. The highest BCUT2D eigenvalue weighted by atomic mass is 16.5. The normalized spacial score (nSPS) is 10.1. The lowest BCUT2D eigenvalue weighted by atomic mass is 10.1. The molecule has 20 heavy (non-hydrogen) atoms. The molecule has 1 aromatic heterocycles. The molecule has 1 heterocycles. The number of nitrogens with one attached hydrogen (secondary N) is 1. The van der Waals surface area contributed by atoms with Crippen LogP contribution in [-0.4, -0.2) is 18.0 Å². The van der Waals surface area contributed by atoms with Crippen LogP contribution in [0.25, 0.3) is 0 Å². The summed E-state index contributed by atoms with van der Waals surface area (Å²) in [6, 6.07) is 9.57. The van der Waals surface area contributed by atoms with Crippen LogP contribution >= 0.6 is 0 Å². The first-order valence-electron chi connectivity index (χ1n) is 6.48. The smallest absolute Gasteiger partial charge is 0.224 e. The van der Waals surface area contributed by atoms with Crippen LogP contribution in [0.2, 0.25) is 0 Å². The van der Waals surface area contributed by atoms with E-state index in [2.05, 4.69) is 10.3 Å². The molecule has 4 heteroatoms. The van der Waals surface area contributed by atoms with Gasteiger partial charge in [0.25, 0.3) is 0 Å². The Morgan fingerprint density at radius 1 is 1.30 bits per heavy atom. The lowest BCUT2D eigenvalue weighted by Crippen LogP contribution is -2.24. The van der Waals surface area contributed by atoms with E-state index in [4.69, 9.17) is 4.74 Å². The van der Waals surface area contributed by atoms with E-state index < -0.39 is 0 Å². The molecule has 0 saturated carbocycles. The number of aromatic nitrogens is 1. The van der Waals surface area contributed by atoms with E-state index >= 15 is 0 Å². The molecule has 2 rings (SSSR count). The van der Waals surface area contributed by atoms with Gasteiger partial charge in [0.05, 0.1) is 13.5 Å². The molecule has 4 nitrogen and oxygen atoms in total. The van der Waals surface area contributed by atoms with Crippen molar-refractivity contribution in [2.24, 2.45) is 0 Å². The monoisotopic (exact) mass is 270 g/mol. The molecule has 1 N–H and O–H groups in total. The predicted molar refractivity (Wildman–Crippen MR) is 77.5 cm³/mol. The first-order chi connectivity index (χ1) is 9.69. The Kier molecular flexibility index (Phi) is 4.71. The van der Waals surface area contributed by atoms with E-state index in [-0.39, 0.29) is 5.91 Å². The van der Waals surface area contributed by atoms with Gasteiger partial charge in [-0.3, -0.25) is 9.78 Å². The second kappa shape index (κ2) is 6.70. The molecule has 0 saturated heterocycles. The second-order valence-corrected chi connectivity index (χ2v) is 4.62. The zero-order valence-electron chi connectivity index (χ0n) is 11.7. The SMILES string of the molecule is COc1ccc(CC(=O)NCc2cccnc2)cc1C. The molecule has 0 unspecified atom stereocenters. The molecule has 0 aliphatic rings. The number of carbonyl (C=O) groups is 1. The summed E-state index contributed by atoms with van der Waals surface area (Å²) in [6.45, 7) is 2.47. The van der Waals surface area contributed by atoms with Crippen molar-refractivity contribution in [1.29, 1.82) is 0 Å². The minimum atomic E-state index is -0.00146. The standard InChI is InChI=1S/C16H18N2O2/c1-12-8-13(5-6-15(12)20-2)9-16(19)18-11-14-4-3-7-17-10-14/h3-8,10H,9,11H2,1-2H3,(H,18,19). The van der Waals surface area contributed by atoms with Gasteiger partial charge in [0.1, 0.15) is 5.75 Å². The molecule has 0 atom stereocenters. The minimum absolute atomic E-state index is 0.00146. The van der Waals surface area contributed by atoms with Gasteiger partial charge in [-0.05, 0) is 35.7 Å². The molecular formula is C16H18N2O2. The lowest BCUT2D eigenvalue weighted by Gasteiger charge is -2.08.